The van der Waals surface area contributed by atoms with Crippen LogP contribution >= 0.6 is 35.3 Å². The summed E-state index contributed by atoms with van der Waals surface area (Å²) in [4.78, 5) is 10.1. The van der Waals surface area contributed by atoms with E-state index in [1.165, 1.54) is 4.88 Å². The molecule has 0 bridgehead atoms. The van der Waals surface area contributed by atoms with E-state index in [-0.39, 0.29) is 24.0 Å². The highest BCUT2D eigenvalue weighted by Gasteiger charge is 2.08. The molecule has 0 amide bonds. The molecule has 2 N–H and O–H groups in total. The zero-order valence-electron chi connectivity index (χ0n) is 16.6. The molecule has 0 saturated heterocycles. The van der Waals surface area contributed by atoms with Crippen LogP contribution in [0.2, 0.25) is 0 Å². The minimum absolute atomic E-state index is 0. The van der Waals surface area contributed by atoms with Crippen LogP contribution in [-0.2, 0) is 17.8 Å². The van der Waals surface area contributed by atoms with E-state index in [0.29, 0.717) is 26.3 Å². The molecule has 1 aromatic heterocycles. The summed E-state index contributed by atoms with van der Waals surface area (Å²) in [6.45, 7) is 8.55. The maximum Gasteiger partial charge on any atom is 0.191 e. The molecular weight excluding hydrogens is 475 g/mol. The summed E-state index contributed by atoms with van der Waals surface area (Å²) in [5, 5.41) is 7.70. The fourth-order valence-electron chi connectivity index (χ4n) is 2.35. The van der Waals surface area contributed by atoms with Gasteiger partial charge in [0.1, 0.15) is 17.4 Å². The molecule has 8 heteroatoms. The number of guanidine groups is 1. The first-order valence-corrected chi connectivity index (χ1v) is 9.43. The van der Waals surface area contributed by atoms with E-state index in [9.17, 15) is 0 Å². The normalized spacial score (nSPS) is 11.1. The highest BCUT2D eigenvalue weighted by Crippen LogP contribution is 2.20. The molecule has 0 fully saturated rings. The lowest BCUT2D eigenvalue weighted by molar-refractivity contribution is 0.145. The van der Waals surface area contributed by atoms with Crippen molar-refractivity contribution in [1.29, 1.82) is 0 Å². The van der Waals surface area contributed by atoms with E-state index in [1.54, 1.807) is 25.5 Å². The summed E-state index contributed by atoms with van der Waals surface area (Å²) in [5.74, 6) is 1.61. The molecule has 0 radical (unpaired) electrons. The Hall–Kier alpha value is -1.39. The quantitative estimate of drug-likeness (QED) is 0.249. The zero-order valence-corrected chi connectivity index (χ0v) is 19.7. The van der Waals surface area contributed by atoms with Crippen molar-refractivity contribution in [1.82, 2.24) is 15.6 Å². The molecule has 0 atom stereocenters. The molecule has 150 valence electrons. The monoisotopic (exact) mass is 504 g/mol. The molecule has 2 rings (SSSR count). The van der Waals surface area contributed by atoms with Crippen molar-refractivity contribution in [2.45, 2.75) is 33.9 Å². The van der Waals surface area contributed by atoms with Crippen LogP contribution in [0.1, 0.15) is 26.7 Å². The number of aromatic nitrogens is 1. The van der Waals surface area contributed by atoms with Crippen LogP contribution in [0.3, 0.4) is 0 Å². The molecule has 0 saturated carbocycles. The first-order chi connectivity index (χ1) is 12.5. The minimum atomic E-state index is 0. The lowest BCUT2D eigenvalue weighted by atomic mass is 10.1. The number of ether oxygens (including phenoxy) is 2. The van der Waals surface area contributed by atoms with Gasteiger partial charge in [0.25, 0.3) is 0 Å². The van der Waals surface area contributed by atoms with Gasteiger partial charge in [-0.05, 0) is 32.4 Å². The van der Waals surface area contributed by atoms with E-state index in [2.05, 4.69) is 46.6 Å². The smallest absolute Gasteiger partial charge is 0.191 e. The highest BCUT2D eigenvalue weighted by molar-refractivity contribution is 14.0. The van der Waals surface area contributed by atoms with E-state index < -0.39 is 0 Å². The topological polar surface area (TPSA) is 67.8 Å². The van der Waals surface area contributed by atoms with Crippen LogP contribution < -0.4 is 15.4 Å². The highest BCUT2D eigenvalue weighted by atomic mass is 127. The number of benzene rings is 1. The molecule has 2 aromatic rings. The predicted octanol–water partition coefficient (Wildman–Crippen LogP) is 3.58. The SMILES string of the molecule is CN=C(NCc1nc(C)c(C)s1)NCc1ccc(C)cc1OCCOC.I. The standard InChI is InChI=1S/C19H28N4O2S.HI/c1-13-6-7-16(17(10-13)25-9-8-24-5)11-21-19(20-4)22-12-18-23-14(2)15(3)26-18;/h6-7,10H,8-9,11-12H2,1-5H3,(H2,20,21,22);1H. The summed E-state index contributed by atoms with van der Waals surface area (Å²) in [5.41, 5.74) is 3.33. The molecule has 6 nitrogen and oxygen atoms in total. The Balaban J connectivity index is 0.00000364. The van der Waals surface area contributed by atoms with Crippen LogP contribution in [0.5, 0.6) is 5.75 Å². The number of hydrogen-bond acceptors (Lipinski definition) is 5. The molecule has 1 heterocycles. The molecule has 0 aliphatic carbocycles. The van der Waals surface area contributed by atoms with Gasteiger partial charge in [-0.15, -0.1) is 35.3 Å². The van der Waals surface area contributed by atoms with Gasteiger partial charge < -0.3 is 20.1 Å². The average molecular weight is 504 g/mol. The van der Waals surface area contributed by atoms with Crippen molar-refractivity contribution in [2.24, 2.45) is 4.99 Å². The number of rotatable bonds is 8. The number of thiazole rings is 1. The van der Waals surface area contributed by atoms with E-state index >= 15 is 0 Å². The molecule has 0 unspecified atom stereocenters. The van der Waals surface area contributed by atoms with Gasteiger partial charge in [-0.1, -0.05) is 12.1 Å². The number of aryl methyl sites for hydroxylation is 3. The minimum Gasteiger partial charge on any atom is -0.491 e. The summed E-state index contributed by atoms with van der Waals surface area (Å²) in [6.07, 6.45) is 0. The number of methoxy groups -OCH3 is 1. The Morgan fingerprint density at radius 1 is 1.15 bits per heavy atom. The maximum absolute atomic E-state index is 5.84. The Labute approximate surface area is 182 Å². The molecule has 0 aliphatic heterocycles. The number of nitrogens with one attached hydrogen (secondary N) is 2. The molecular formula is C19H29IN4O2S. The third-order valence-corrected chi connectivity index (χ3v) is 4.99. The van der Waals surface area contributed by atoms with Gasteiger partial charge in [0.05, 0.1) is 18.8 Å². The van der Waals surface area contributed by atoms with E-state index in [1.807, 2.05) is 13.0 Å². The van der Waals surface area contributed by atoms with Crippen LogP contribution in [0.4, 0.5) is 0 Å². The van der Waals surface area contributed by atoms with Gasteiger partial charge in [0.2, 0.25) is 0 Å². The number of hydrogen-bond donors (Lipinski definition) is 2. The predicted molar refractivity (Wildman–Crippen MR) is 123 cm³/mol. The van der Waals surface area contributed by atoms with Crippen LogP contribution in [0.25, 0.3) is 0 Å². The maximum atomic E-state index is 5.84. The lowest BCUT2D eigenvalue weighted by Crippen LogP contribution is -2.36. The Morgan fingerprint density at radius 3 is 2.52 bits per heavy atom. The number of halogens is 1. The number of aliphatic imine (C=N–C) groups is 1. The third-order valence-electron chi connectivity index (χ3n) is 3.92. The van der Waals surface area contributed by atoms with Gasteiger partial charge in [0, 0.05) is 31.1 Å². The summed E-state index contributed by atoms with van der Waals surface area (Å²) in [6, 6.07) is 6.20. The van der Waals surface area contributed by atoms with Crippen molar-refractivity contribution in [3.05, 3.63) is 44.9 Å². The van der Waals surface area contributed by atoms with Crippen molar-refractivity contribution in [3.63, 3.8) is 0 Å². The van der Waals surface area contributed by atoms with Crippen LogP contribution in [0.15, 0.2) is 23.2 Å². The second-order valence-electron chi connectivity index (χ2n) is 5.98. The molecule has 27 heavy (non-hydrogen) atoms. The van der Waals surface area contributed by atoms with Crippen molar-refractivity contribution < 1.29 is 9.47 Å². The van der Waals surface area contributed by atoms with Gasteiger partial charge in [-0.3, -0.25) is 4.99 Å². The second-order valence-corrected chi connectivity index (χ2v) is 7.27. The first kappa shape index (κ1) is 23.6. The molecule has 0 aliphatic rings. The Bertz CT molecular complexity index is 730. The number of nitrogens with zero attached hydrogens (tertiary/aromatic N) is 2. The Kier molecular flexibility index (Phi) is 10.6. The van der Waals surface area contributed by atoms with Crippen LogP contribution in [0, 0.1) is 20.8 Å². The van der Waals surface area contributed by atoms with Gasteiger partial charge >= 0.3 is 0 Å². The second kappa shape index (κ2) is 12.1. The molecule has 0 spiro atoms. The van der Waals surface area contributed by atoms with Gasteiger partial charge in [-0.2, -0.15) is 0 Å². The lowest BCUT2D eigenvalue weighted by Gasteiger charge is -2.15. The Morgan fingerprint density at radius 2 is 1.89 bits per heavy atom. The summed E-state index contributed by atoms with van der Waals surface area (Å²) in [7, 11) is 3.43. The van der Waals surface area contributed by atoms with E-state index in [0.717, 1.165) is 33.5 Å². The zero-order chi connectivity index (χ0) is 18.9. The average Bonchev–Trinajstić information content (AvgIpc) is 2.94. The third kappa shape index (κ3) is 7.63. The largest absolute Gasteiger partial charge is 0.491 e. The van der Waals surface area contributed by atoms with Crippen molar-refractivity contribution in [2.75, 3.05) is 27.4 Å². The van der Waals surface area contributed by atoms with Crippen molar-refractivity contribution >= 4 is 41.3 Å². The van der Waals surface area contributed by atoms with Crippen molar-refractivity contribution in [3.8, 4) is 5.75 Å². The summed E-state index contributed by atoms with van der Waals surface area (Å²) < 4.78 is 10.9. The summed E-state index contributed by atoms with van der Waals surface area (Å²) >= 11 is 1.71. The van der Waals surface area contributed by atoms with E-state index in [4.69, 9.17) is 9.47 Å². The molecule has 1 aromatic carbocycles. The first-order valence-electron chi connectivity index (χ1n) is 8.62. The fourth-order valence-corrected chi connectivity index (χ4v) is 3.22. The van der Waals surface area contributed by atoms with Gasteiger partial charge in [0.15, 0.2) is 5.96 Å². The van der Waals surface area contributed by atoms with Crippen LogP contribution in [-0.4, -0.2) is 38.3 Å². The van der Waals surface area contributed by atoms with Gasteiger partial charge in [-0.25, -0.2) is 4.98 Å². The fraction of sp³-hybridized carbons (Fsp3) is 0.474.